The summed E-state index contributed by atoms with van der Waals surface area (Å²) in [5.74, 6) is 0.0760. The van der Waals surface area contributed by atoms with E-state index >= 15 is 0 Å². The summed E-state index contributed by atoms with van der Waals surface area (Å²) >= 11 is 0. The molecule has 0 bridgehead atoms. The molecule has 0 aromatic heterocycles. The van der Waals surface area contributed by atoms with Crippen LogP contribution in [0.1, 0.15) is 5.56 Å². The van der Waals surface area contributed by atoms with Crippen molar-refractivity contribution in [3.8, 4) is 11.5 Å². The van der Waals surface area contributed by atoms with Crippen LogP contribution in [0.4, 0.5) is 5.69 Å². The minimum absolute atomic E-state index is 0.313. The number of hydrogen-bond donors (Lipinski definition) is 0. The van der Waals surface area contributed by atoms with Crippen molar-refractivity contribution >= 4 is 23.1 Å². The zero-order valence-electron chi connectivity index (χ0n) is 18.8. The number of nitrogens with zero attached hydrogens (tertiary/aromatic N) is 2. The number of benzene rings is 2. The van der Waals surface area contributed by atoms with E-state index in [9.17, 15) is 9.59 Å². The normalized spacial score (nSPS) is 13.7. The Labute approximate surface area is 187 Å². The second-order valence-electron chi connectivity index (χ2n) is 7.05. The molecule has 0 fully saturated rings. The smallest absolute Gasteiger partial charge is 0.282 e. The van der Waals surface area contributed by atoms with E-state index in [1.54, 1.807) is 32.4 Å². The van der Waals surface area contributed by atoms with Crippen LogP contribution in [0.5, 0.6) is 11.5 Å². The topological polar surface area (TPSA) is 77.5 Å². The zero-order valence-corrected chi connectivity index (χ0v) is 18.8. The lowest BCUT2D eigenvalue weighted by atomic mass is 10.0. The van der Waals surface area contributed by atoms with Crippen molar-refractivity contribution in [2.45, 2.75) is 0 Å². The van der Waals surface area contributed by atoms with Crippen LogP contribution in [0.3, 0.4) is 0 Å². The fourth-order valence-corrected chi connectivity index (χ4v) is 3.60. The number of anilines is 1. The first-order chi connectivity index (χ1) is 15.6. The quantitative estimate of drug-likeness (QED) is 0.497. The molecule has 0 saturated heterocycles. The van der Waals surface area contributed by atoms with Gasteiger partial charge in [-0.05, 0) is 17.7 Å². The fourth-order valence-electron chi connectivity index (χ4n) is 3.60. The van der Waals surface area contributed by atoms with Gasteiger partial charge in [-0.1, -0.05) is 30.3 Å². The number of hydrogen-bond acceptors (Lipinski definition) is 7. The maximum atomic E-state index is 13.7. The van der Waals surface area contributed by atoms with E-state index in [-0.39, 0.29) is 0 Å². The summed E-state index contributed by atoms with van der Waals surface area (Å²) < 4.78 is 21.2. The minimum atomic E-state index is -0.426. The van der Waals surface area contributed by atoms with Gasteiger partial charge in [-0.2, -0.15) is 0 Å². The molecule has 2 amide bonds. The lowest BCUT2D eigenvalue weighted by Gasteiger charge is -2.26. The Balaban J connectivity index is 2.13. The Morgan fingerprint density at radius 3 is 2.03 bits per heavy atom. The maximum Gasteiger partial charge on any atom is 0.282 e. The van der Waals surface area contributed by atoms with Gasteiger partial charge in [0.15, 0.2) is 0 Å². The van der Waals surface area contributed by atoms with Crippen molar-refractivity contribution in [2.75, 3.05) is 59.6 Å². The van der Waals surface area contributed by atoms with Gasteiger partial charge >= 0.3 is 0 Å². The van der Waals surface area contributed by atoms with E-state index < -0.39 is 11.8 Å². The Bertz CT molecular complexity index is 981. The number of methoxy groups -OCH3 is 4. The lowest BCUT2D eigenvalue weighted by molar-refractivity contribution is -0.120. The molecule has 0 radical (unpaired) electrons. The summed E-state index contributed by atoms with van der Waals surface area (Å²) in [6.07, 6.45) is 0. The summed E-state index contributed by atoms with van der Waals surface area (Å²) in [5.41, 5.74) is 1.66. The highest BCUT2D eigenvalue weighted by Gasteiger charge is 2.43. The zero-order chi connectivity index (χ0) is 23.1. The first-order valence-corrected chi connectivity index (χ1v) is 10.2. The van der Waals surface area contributed by atoms with Crippen LogP contribution in [0.2, 0.25) is 0 Å². The van der Waals surface area contributed by atoms with Crippen LogP contribution < -0.4 is 14.4 Å². The third kappa shape index (κ3) is 4.61. The van der Waals surface area contributed by atoms with Gasteiger partial charge in [0.05, 0.1) is 38.7 Å². The monoisotopic (exact) mass is 440 g/mol. The SMILES string of the molecule is COCCN(CCOC)C1=C(c2ccccc2)C(=O)N(c2ccc(OC)cc2OC)C1=O. The van der Waals surface area contributed by atoms with Crippen molar-refractivity contribution in [1.82, 2.24) is 4.90 Å². The van der Waals surface area contributed by atoms with Crippen LogP contribution in [0.15, 0.2) is 54.2 Å². The molecule has 8 heteroatoms. The predicted molar refractivity (Wildman–Crippen MR) is 121 cm³/mol. The molecule has 0 aliphatic carbocycles. The highest BCUT2D eigenvalue weighted by atomic mass is 16.5. The number of imide groups is 1. The summed E-state index contributed by atoms with van der Waals surface area (Å²) in [5, 5.41) is 0. The average molecular weight is 440 g/mol. The largest absolute Gasteiger partial charge is 0.497 e. The number of amides is 2. The fraction of sp³-hybridized carbons (Fsp3) is 0.333. The van der Waals surface area contributed by atoms with E-state index in [0.717, 1.165) is 4.90 Å². The van der Waals surface area contributed by atoms with Crippen molar-refractivity contribution in [3.63, 3.8) is 0 Å². The Kier molecular flexibility index (Phi) is 7.86. The van der Waals surface area contributed by atoms with Crippen LogP contribution in [-0.2, 0) is 19.1 Å². The molecule has 0 saturated carbocycles. The molecule has 0 unspecified atom stereocenters. The standard InChI is InChI=1S/C24H28N2O6/c1-29-14-12-25(13-15-30-2)22-21(17-8-6-5-7-9-17)23(27)26(24(22)28)19-11-10-18(31-3)16-20(19)32-4/h5-11,16H,12-15H2,1-4H3. The van der Waals surface area contributed by atoms with Gasteiger partial charge in [-0.3, -0.25) is 9.59 Å². The molecule has 0 spiro atoms. The second kappa shape index (κ2) is 10.8. The molecule has 0 atom stereocenters. The summed E-state index contributed by atoms with van der Waals surface area (Å²) in [6.45, 7) is 1.64. The Morgan fingerprint density at radius 2 is 1.47 bits per heavy atom. The van der Waals surface area contributed by atoms with Crippen LogP contribution in [-0.4, -0.2) is 71.5 Å². The lowest BCUT2D eigenvalue weighted by Crippen LogP contribution is -2.37. The van der Waals surface area contributed by atoms with Crippen LogP contribution in [0.25, 0.3) is 5.57 Å². The molecule has 170 valence electrons. The summed E-state index contributed by atoms with van der Waals surface area (Å²) in [4.78, 5) is 30.4. The molecule has 1 heterocycles. The molecule has 2 aromatic carbocycles. The van der Waals surface area contributed by atoms with Gasteiger partial charge in [-0.25, -0.2) is 4.90 Å². The van der Waals surface area contributed by atoms with Crippen molar-refractivity contribution in [3.05, 3.63) is 59.8 Å². The van der Waals surface area contributed by atoms with Gasteiger partial charge in [0, 0.05) is 33.4 Å². The Morgan fingerprint density at radius 1 is 0.812 bits per heavy atom. The number of carbonyl (C=O) groups excluding carboxylic acids is 2. The van der Waals surface area contributed by atoms with Gasteiger partial charge in [0.1, 0.15) is 17.2 Å². The summed E-state index contributed by atoms with van der Waals surface area (Å²) in [7, 11) is 6.21. The molecule has 1 aliphatic heterocycles. The van der Waals surface area contributed by atoms with Crippen LogP contribution >= 0.6 is 0 Å². The molecular formula is C24H28N2O6. The first kappa shape index (κ1) is 23.3. The third-order valence-corrected chi connectivity index (χ3v) is 5.20. The van der Waals surface area contributed by atoms with E-state index in [4.69, 9.17) is 18.9 Å². The minimum Gasteiger partial charge on any atom is -0.497 e. The number of rotatable bonds is 11. The van der Waals surface area contributed by atoms with Gasteiger partial charge < -0.3 is 23.8 Å². The van der Waals surface area contributed by atoms with Crippen LogP contribution in [0, 0.1) is 0 Å². The molecule has 2 aromatic rings. The third-order valence-electron chi connectivity index (χ3n) is 5.20. The van der Waals surface area contributed by atoms with E-state index in [1.165, 1.54) is 14.2 Å². The van der Waals surface area contributed by atoms with E-state index in [2.05, 4.69) is 0 Å². The van der Waals surface area contributed by atoms with Gasteiger partial charge in [-0.15, -0.1) is 0 Å². The molecular weight excluding hydrogens is 412 g/mol. The van der Waals surface area contributed by atoms with Crippen molar-refractivity contribution < 1.29 is 28.5 Å². The predicted octanol–water partition coefficient (Wildman–Crippen LogP) is 2.58. The van der Waals surface area contributed by atoms with Crippen molar-refractivity contribution in [2.24, 2.45) is 0 Å². The van der Waals surface area contributed by atoms with Crippen molar-refractivity contribution in [1.29, 1.82) is 0 Å². The molecule has 32 heavy (non-hydrogen) atoms. The number of carbonyl (C=O) groups is 2. The highest BCUT2D eigenvalue weighted by molar-refractivity contribution is 6.45. The molecule has 0 N–H and O–H groups in total. The molecule has 1 aliphatic rings. The van der Waals surface area contributed by atoms with E-state index in [1.807, 2.05) is 35.2 Å². The summed E-state index contributed by atoms with van der Waals surface area (Å²) in [6, 6.07) is 14.2. The van der Waals surface area contributed by atoms with Gasteiger partial charge in [0.25, 0.3) is 11.8 Å². The highest BCUT2D eigenvalue weighted by Crippen LogP contribution is 2.39. The van der Waals surface area contributed by atoms with Gasteiger partial charge in [0.2, 0.25) is 0 Å². The number of ether oxygens (including phenoxy) is 4. The average Bonchev–Trinajstić information content (AvgIpc) is 3.09. The maximum absolute atomic E-state index is 13.7. The second-order valence-corrected chi connectivity index (χ2v) is 7.05. The molecule has 8 nitrogen and oxygen atoms in total. The van der Waals surface area contributed by atoms with E-state index in [0.29, 0.717) is 60.3 Å². The first-order valence-electron chi connectivity index (χ1n) is 10.2. The Hall–Kier alpha value is -3.36. The molecule has 3 rings (SSSR count).